The number of fused-ring (bicyclic) bond motifs is 1. The van der Waals surface area contributed by atoms with Crippen LogP contribution in [0.25, 0.3) is 10.8 Å². The quantitative estimate of drug-likeness (QED) is 0.392. The van der Waals surface area contributed by atoms with Crippen molar-refractivity contribution in [3.05, 3.63) is 48.0 Å². The summed E-state index contributed by atoms with van der Waals surface area (Å²) in [5.41, 5.74) is 9.18. The lowest BCUT2D eigenvalue weighted by Crippen LogP contribution is -2.45. The molecule has 6 heteroatoms. The van der Waals surface area contributed by atoms with Gasteiger partial charge in [-0.2, -0.15) is 0 Å². The molecule has 0 spiro atoms. The molecule has 2 aromatic carbocycles. The van der Waals surface area contributed by atoms with E-state index in [0.29, 0.717) is 24.6 Å². The smallest absolute Gasteiger partial charge is 0.274 e. The second-order valence-corrected chi connectivity index (χ2v) is 6.74. The summed E-state index contributed by atoms with van der Waals surface area (Å²) in [7, 11) is 0. The normalized spacial score (nSPS) is 16.0. The van der Waals surface area contributed by atoms with E-state index in [0.717, 1.165) is 10.8 Å². The molecule has 1 atom stereocenters. The van der Waals surface area contributed by atoms with Crippen molar-refractivity contribution in [3.63, 3.8) is 0 Å². The zero-order chi connectivity index (χ0) is 17.5. The van der Waals surface area contributed by atoms with Crippen LogP contribution in [-0.2, 0) is 4.84 Å². The van der Waals surface area contributed by atoms with Crippen LogP contribution in [0.3, 0.4) is 0 Å². The Balaban J connectivity index is 0.00000243. The molecular weight excluding hydrogens is 350 g/mol. The minimum Gasteiger partial charge on any atom is -0.316 e. The third-order valence-electron chi connectivity index (χ3n) is 4.76. The van der Waals surface area contributed by atoms with Gasteiger partial charge >= 0.3 is 0 Å². The minimum absolute atomic E-state index is 0. The molecule has 5 nitrogen and oxygen atoms in total. The van der Waals surface area contributed by atoms with E-state index in [4.69, 9.17) is 10.6 Å². The first-order valence-electron chi connectivity index (χ1n) is 9.15. The number of amides is 1. The largest absolute Gasteiger partial charge is 0.316 e. The molecule has 1 aliphatic rings. The Labute approximate surface area is 161 Å². The van der Waals surface area contributed by atoms with Crippen LogP contribution in [0.4, 0.5) is 0 Å². The van der Waals surface area contributed by atoms with Crippen LogP contribution in [0.5, 0.6) is 0 Å². The van der Waals surface area contributed by atoms with Gasteiger partial charge in [-0.15, -0.1) is 12.4 Å². The van der Waals surface area contributed by atoms with Gasteiger partial charge in [-0.1, -0.05) is 49.6 Å². The molecule has 1 saturated carbocycles. The minimum atomic E-state index is -0.237. The zero-order valence-electron chi connectivity index (χ0n) is 14.9. The topological polar surface area (TPSA) is 76.4 Å². The Bertz CT molecular complexity index is 704. The van der Waals surface area contributed by atoms with Crippen molar-refractivity contribution in [1.29, 1.82) is 0 Å². The first-order chi connectivity index (χ1) is 12.2. The molecule has 0 radical (unpaired) electrons. The van der Waals surface area contributed by atoms with Crippen LogP contribution < -0.4 is 16.5 Å². The fourth-order valence-electron chi connectivity index (χ4n) is 3.35. The zero-order valence-corrected chi connectivity index (χ0v) is 15.8. The average Bonchev–Trinajstić information content (AvgIpc) is 2.65. The maximum absolute atomic E-state index is 12.2. The molecular formula is C20H28ClN3O2. The van der Waals surface area contributed by atoms with Crippen molar-refractivity contribution >= 4 is 29.1 Å². The highest BCUT2D eigenvalue weighted by atomic mass is 35.5. The maximum Gasteiger partial charge on any atom is 0.274 e. The number of nitrogens with one attached hydrogen (secondary N) is 2. The van der Waals surface area contributed by atoms with Gasteiger partial charge in [0.25, 0.3) is 5.91 Å². The predicted molar refractivity (Wildman–Crippen MR) is 107 cm³/mol. The van der Waals surface area contributed by atoms with Gasteiger partial charge in [0.15, 0.2) is 0 Å². The number of benzene rings is 2. The van der Waals surface area contributed by atoms with Gasteiger partial charge in [0.2, 0.25) is 0 Å². The molecule has 2 aromatic rings. The van der Waals surface area contributed by atoms with Crippen LogP contribution in [0.2, 0.25) is 0 Å². The summed E-state index contributed by atoms with van der Waals surface area (Å²) in [4.78, 5) is 17.5. The molecule has 142 valence electrons. The van der Waals surface area contributed by atoms with Gasteiger partial charge in [-0.3, -0.25) is 14.9 Å². The number of rotatable bonds is 7. The van der Waals surface area contributed by atoms with Crippen molar-refractivity contribution in [1.82, 2.24) is 10.8 Å². The SMILES string of the molecule is Cl.NC(CCONC(=O)c1ccc2ccccc2c1)NC1CCCCC1. The summed E-state index contributed by atoms with van der Waals surface area (Å²) in [5, 5.41) is 5.59. The number of hydrogen-bond donors (Lipinski definition) is 3. The number of hydroxylamine groups is 1. The van der Waals surface area contributed by atoms with E-state index < -0.39 is 0 Å². The van der Waals surface area contributed by atoms with Crippen molar-refractivity contribution in [2.45, 2.75) is 50.7 Å². The highest BCUT2D eigenvalue weighted by molar-refractivity contribution is 5.98. The van der Waals surface area contributed by atoms with Gasteiger partial charge in [0.1, 0.15) is 0 Å². The molecule has 1 unspecified atom stereocenters. The van der Waals surface area contributed by atoms with E-state index in [1.165, 1.54) is 32.1 Å². The van der Waals surface area contributed by atoms with Gasteiger partial charge < -0.3 is 5.73 Å². The van der Waals surface area contributed by atoms with Crippen molar-refractivity contribution in [2.24, 2.45) is 5.73 Å². The summed E-state index contributed by atoms with van der Waals surface area (Å²) in [6, 6.07) is 14.1. The Morgan fingerprint density at radius 3 is 2.62 bits per heavy atom. The fourth-order valence-corrected chi connectivity index (χ4v) is 3.35. The fraction of sp³-hybridized carbons (Fsp3) is 0.450. The second kappa shape index (κ2) is 10.5. The number of nitrogens with two attached hydrogens (primary N) is 1. The molecule has 1 aliphatic carbocycles. The van der Waals surface area contributed by atoms with Crippen molar-refractivity contribution in [2.75, 3.05) is 6.61 Å². The molecule has 26 heavy (non-hydrogen) atoms. The van der Waals surface area contributed by atoms with E-state index in [9.17, 15) is 4.79 Å². The monoisotopic (exact) mass is 377 g/mol. The van der Waals surface area contributed by atoms with Gasteiger partial charge in [-0.05, 0) is 35.7 Å². The summed E-state index contributed by atoms with van der Waals surface area (Å²) in [6.45, 7) is 0.389. The van der Waals surface area contributed by atoms with Crippen molar-refractivity contribution < 1.29 is 9.63 Å². The molecule has 0 aliphatic heterocycles. The number of halogens is 1. The van der Waals surface area contributed by atoms with Crippen LogP contribution >= 0.6 is 12.4 Å². The molecule has 3 rings (SSSR count). The summed E-state index contributed by atoms with van der Waals surface area (Å²) < 4.78 is 0. The van der Waals surface area contributed by atoms with Crippen molar-refractivity contribution in [3.8, 4) is 0 Å². The van der Waals surface area contributed by atoms with E-state index in [2.05, 4.69) is 10.8 Å². The Morgan fingerprint density at radius 1 is 1.12 bits per heavy atom. The van der Waals surface area contributed by atoms with Gasteiger partial charge in [-0.25, -0.2) is 5.48 Å². The van der Waals surface area contributed by atoms with E-state index in [1.807, 2.05) is 36.4 Å². The molecule has 0 heterocycles. The number of carbonyl (C=O) groups is 1. The van der Waals surface area contributed by atoms with Crippen LogP contribution in [0, 0.1) is 0 Å². The lowest BCUT2D eigenvalue weighted by molar-refractivity contribution is 0.0275. The number of carbonyl (C=O) groups excluding carboxylic acids is 1. The Kier molecular flexibility index (Phi) is 8.32. The van der Waals surface area contributed by atoms with E-state index in [-0.39, 0.29) is 24.5 Å². The summed E-state index contributed by atoms with van der Waals surface area (Å²) in [5.74, 6) is -0.237. The molecule has 0 saturated heterocycles. The maximum atomic E-state index is 12.2. The molecule has 1 amide bonds. The Morgan fingerprint density at radius 2 is 1.85 bits per heavy atom. The van der Waals surface area contributed by atoms with Crippen LogP contribution in [-0.4, -0.2) is 24.7 Å². The lowest BCUT2D eigenvalue weighted by atomic mass is 9.95. The molecule has 0 bridgehead atoms. The lowest BCUT2D eigenvalue weighted by Gasteiger charge is -2.26. The van der Waals surface area contributed by atoms with Gasteiger partial charge in [0, 0.05) is 18.0 Å². The molecule has 0 aromatic heterocycles. The second-order valence-electron chi connectivity index (χ2n) is 6.74. The highest BCUT2D eigenvalue weighted by Gasteiger charge is 2.15. The van der Waals surface area contributed by atoms with E-state index in [1.54, 1.807) is 6.07 Å². The van der Waals surface area contributed by atoms with Crippen LogP contribution in [0.1, 0.15) is 48.9 Å². The molecule has 1 fully saturated rings. The standard InChI is InChI=1S/C20H27N3O2.ClH/c21-19(22-18-8-2-1-3-9-18)12-13-25-23-20(24)17-11-10-15-6-4-5-7-16(15)14-17;/h4-7,10-11,14,18-19,22H,1-3,8-9,12-13,21H2,(H,23,24);1H. The molecule has 4 N–H and O–H groups in total. The number of hydrogen-bond acceptors (Lipinski definition) is 4. The predicted octanol–water partition coefficient (Wildman–Crippen LogP) is 3.52. The van der Waals surface area contributed by atoms with E-state index >= 15 is 0 Å². The first-order valence-corrected chi connectivity index (χ1v) is 9.15. The summed E-state index contributed by atoms with van der Waals surface area (Å²) >= 11 is 0. The average molecular weight is 378 g/mol. The van der Waals surface area contributed by atoms with Gasteiger partial charge in [0.05, 0.1) is 12.8 Å². The third kappa shape index (κ3) is 5.95. The van der Waals surface area contributed by atoms with Crippen LogP contribution in [0.15, 0.2) is 42.5 Å². The highest BCUT2D eigenvalue weighted by Crippen LogP contribution is 2.18. The Hall–Kier alpha value is -1.66. The summed E-state index contributed by atoms with van der Waals surface area (Å²) in [6.07, 6.45) is 6.86. The third-order valence-corrected chi connectivity index (χ3v) is 4.76. The first kappa shape index (κ1) is 20.6.